The van der Waals surface area contributed by atoms with Gasteiger partial charge in [-0.05, 0) is 25.5 Å². The Kier molecular flexibility index (Phi) is 4.69. The molecule has 2 heterocycles. The molecule has 1 aliphatic rings. The van der Waals surface area contributed by atoms with E-state index in [9.17, 15) is 0 Å². The van der Waals surface area contributed by atoms with E-state index in [1.807, 2.05) is 18.5 Å². The minimum atomic E-state index is 0.213. The molecule has 1 saturated heterocycles. The fourth-order valence-corrected chi connectivity index (χ4v) is 2.40. The summed E-state index contributed by atoms with van der Waals surface area (Å²) in [5.41, 5.74) is 1.46. The maximum Gasteiger partial charge on any atom is 0.0312 e. The summed E-state index contributed by atoms with van der Waals surface area (Å²) in [7, 11) is 0. The monoisotopic (exact) mass is 248 g/mol. The van der Waals surface area contributed by atoms with Gasteiger partial charge in [0.15, 0.2) is 0 Å². The number of nitrogens with zero attached hydrogens (tertiary/aromatic N) is 2. The highest BCUT2D eigenvalue weighted by molar-refractivity contribution is 5.08. The van der Waals surface area contributed by atoms with Crippen LogP contribution in [0.1, 0.15) is 19.4 Å². The van der Waals surface area contributed by atoms with Gasteiger partial charge in [0.2, 0.25) is 0 Å². The fourth-order valence-electron chi connectivity index (χ4n) is 2.40. The molecule has 1 fully saturated rings. The zero-order chi connectivity index (χ0) is 12.8. The van der Waals surface area contributed by atoms with Crippen LogP contribution in [0.4, 0.5) is 0 Å². The molecule has 0 radical (unpaired) electrons. The standard InChI is InChI=1S/C14H24N4/c1-14(2,18-8-6-15-7-9-18)12-17-11-13-4-3-5-16-10-13/h3-5,10,15,17H,6-9,11-12H2,1-2H3. The van der Waals surface area contributed by atoms with Gasteiger partial charge in [-0.3, -0.25) is 9.88 Å². The largest absolute Gasteiger partial charge is 0.314 e. The van der Waals surface area contributed by atoms with E-state index in [0.29, 0.717) is 0 Å². The minimum absolute atomic E-state index is 0.213. The molecule has 0 atom stereocenters. The molecule has 0 aliphatic carbocycles. The first-order valence-electron chi connectivity index (χ1n) is 6.74. The maximum atomic E-state index is 4.13. The number of aromatic nitrogens is 1. The number of nitrogens with one attached hydrogen (secondary N) is 2. The van der Waals surface area contributed by atoms with Gasteiger partial charge in [0.1, 0.15) is 0 Å². The quantitative estimate of drug-likeness (QED) is 0.811. The predicted molar refractivity (Wildman–Crippen MR) is 74.5 cm³/mol. The Morgan fingerprint density at radius 3 is 2.83 bits per heavy atom. The van der Waals surface area contributed by atoms with Gasteiger partial charge in [-0.2, -0.15) is 0 Å². The Balaban J connectivity index is 1.77. The summed E-state index contributed by atoms with van der Waals surface area (Å²) in [6.45, 7) is 11.0. The summed E-state index contributed by atoms with van der Waals surface area (Å²) >= 11 is 0. The Morgan fingerprint density at radius 2 is 2.17 bits per heavy atom. The molecule has 1 aromatic rings. The molecular formula is C14H24N4. The predicted octanol–water partition coefficient (Wildman–Crippen LogP) is 0.855. The molecule has 0 bridgehead atoms. The minimum Gasteiger partial charge on any atom is -0.314 e. The highest BCUT2D eigenvalue weighted by atomic mass is 15.2. The molecule has 0 aromatic carbocycles. The smallest absolute Gasteiger partial charge is 0.0312 e. The van der Waals surface area contributed by atoms with Crippen LogP contribution in [0.3, 0.4) is 0 Å². The lowest BCUT2D eigenvalue weighted by atomic mass is 10.0. The number of hydrogen-bond donors (Lipinski definition) is 2. The molecule has 0 saturated carbocycles. The van der Waals surface area contributed by atoms with Crippen molar-refractivity contribution < 1.29 is 0 Å². The molecule has 4 heteroatoms. The van der Waals surface area contributed by atoms with Crippen LogP contribution in [0.25, 0.3) is 0 Å². The lowest BCUT2D eigenvalue weighted by Gasteiger charge is -2.41. The zero-order valence-electron chi connectivity index (χ0n) is 11.4. The topological polar surface area (TPSA) is 40.2 Å². The van der Waals surface area contributed by atoms with Gasteiger partial charge in [-0.25, -0.2) is 0 Å². The van der Waals surface area contributed by atoms with Crippen LogP contribution in [-0.4, -0.2) is 48.1 Å². The second kappa shape index (κ2) is 6.27. The second-order valence-corrected chi connectivity index (χ2v) is 5.51. The molecule has 0 spiro atoms. The van der Waals surface area contributed by atoms with Gasteiger partial charge in [0, 0.05) is 57.2 Å². The van der Waals surface area contributed by atoms with Gasteiger partial charge in [0.05, 0.1) is 0 Å². The summed E-state index contributed by atoms with van der Waals surface area (Å²) < 4.78 is 0. The van der Waals surface area contributed by atoms with Crippen molar-refractivity contribution in [2.45, 2.75) is 25.9 Å². The molecule has 2 N–H and O–H groups in total. The first kappa shape index (κ1) is 13.5. The highest BCUT2D eigenvalue weighted by Gasteiger charge is 2.27. The summed E-state index contributed by atoms with van der Waals surface area (Å²) in [5, 5.41) is 6.94. The SMILES string of the molecule is CC(C)(CNCc1cccnc1)N1CCNCC1. The highest BCUT2D eigenvalue weighted by Crippen LogP contribution is 2.14. The number of rotatable bonds is 5. The molecule has 18 heavy (non-hydrogen) atoms. The van der Waals surface area contributed by atoms with Crippen molar-refractivity contribution in [3.63, 3.8) is 0 Å². The third-order valence-electron chi connectivity index (χ3n) is 3.58. The molecule has 0 amide bonds. The summed E-state index contributed by atoms with van der Waals surface area (Å²) in [4.78, 5) is 6.69. The molecule has 4 nitrogen and oxygen atoms in total. The van der Waals surface area contributed by atoms with E-state index in [4.69, 9.17) is 0 Å². The molecule has 100 valence electrons. The van der Waals surface area contributed by atoms with E-state index in [1.54, 1.807) is 0 Å². The molecular weight excluding hydrogens is 224 g/mol. The summed E-state index contributed by atoms with van der Waals surface area (Å²) in [5.74, 6) is 0. The average Bonchev–Trinajstić information content (AvgIpc) is 2.41. The van der Waals surface area contributed by atoms with E-state index in [-0.39, 0.29) is 5.54 Å². The van der Waals surface area contributed by atoms with Crippen LogP contribution in [0, 0.1) is 0 Å². The Bertz CT molecular complexity index is 344. The van der Waals surface area contributed by atoms with Crippen LogP contribution < -0.4 is 10.6 Å². The van der Waals surface area contributed by atoms with Gasteiger partial charge in [-0.1, -0.05) is 6.07 Å². The Morgan fingerprint density at radius 1 is 1.39 bits per heavy atom. The van der Waals surface area contributed by atoms with Gasteiger partial charge in [-0.15, -0.1) is 0 Å². The van der Waals surface area contributed by atoms with Crippen LogP contribution >= 0.6 is 0 Å². The van der Waals surface area contributed by atoms with Gasteiger partial charge in [0.25, 0.3) is 0 Å². The van der Waals surface area contributed by atoms with Gasteiger partial charge < -0.3 is 10.6 Å². The second-order valence-electron chi connectivity index (χ2n) is 5.51. The zero-order valence-corrected chi connectivity index (χ0v) is 11.4. The van der Waals surface area contributed by atoms with Crippen LogP contribution in [0.2, 0.25) is 0 Å². The third kappa shape index (κ3) is 3.77. The number of piperazine rings is 1. The summed E-state index contributed by atoms with van der Waals surface area (Å²) in [6.07, 6.45) is 3.74. The lowest BCUT2D eigenvalue weighted by molar-refractivity contribution is 0.102. The first-order valence-corrected chi connectivity index (χ1v) is 6.74. The van der Waals surface area contributed by atoms with E-state index in [1.165, 1.54) is 5.56 Å². The van der Waals surface area contributed by atoms with Crippen molar-refractivity contribution in [2.24, 2.45) is 0 Å². The Labute approximate surface area is 110 Å². The summed E-state index contributed by atoms with van der Waals surface area (Å²) in [6, 6.07) is 4.09. The van der Waals surface area contributed by atoms with Gasteiger partial charge >= 0.3 is 0 Å². The normalized spacial score (nSPS) is 17.9. The molecule has 1 aromatic heterocycles. The van der Waals surface area contributed by atoms with Crippen molar-refractivity contribution in [2.75, 3.05) is 32.7 Å². The Hall–Kier alpha value is -0.970. The average molecular weight is 248 g/mol. The van der Waals surface area contributed by atoms with Crippen molar-refractivity contribution in [3.05, 3.63) is 30.1 Å². The molecule has 2 rings (SSSR count). The van der Waals surface area contributed by atoms with E-state index < -0.39 is 0 Å². The lowest BCUT2D eigenvalue weighted by Crippen LogP contribution is -2.57. The molecule has 0 unspecified atom stereocenters. The first-order chi connectivity index (χ1) is 8.68. The number of pyridine rings is 1. The van der Waals surface area contributed by atoms with E-state index in [0.717, 1.165) is 39.3 Å². The number of hydrogen-bond acceptors (Lipinski definition) is 4. The van der Waals surface area contributed by atoms with Crippen LogP contribution in [0.5, 0.6) is 0 Å². The maximum absolute atomic E-state index is 4.13. The van der Waals surface area contributed by atoms with Crippen LogP contribution in [-0.2, 0) is 6.54 Å². The van der Waals surface area contributed by atoms with Crippen molar-refractivity contribution >= 4 is 0 Å². The fraction of sp³-hybridized carbons (Fsp3) is 0.643. The van der Waals surface area contributed by atoms with Crippen molar-refractivity contribution in [3.8, 4) is 0 Å². The third-order valence-corrected chi connectivity index (χ3v) is 3.58. The van der Waals surface area contributed by atoms with Crippen LogP contribution in [0.15, 0.2) is 24.5 Å². The van der Waals surface area contributed by atoms with E-state index >= 15 is 0 Å². The van der Waals surface area contributed by atoms with E-state index in [2.05, 4.69) is 40.4 Å². The molecule has 1 aliphatic heterocycles. The van der Waals surface area contributed by atoms with Crippen molar-refractivity contribution in [1.82, 2.24) is 20.5 Å². The van der Waals surface area contributed by atoms with Crippen molar-refractivity contribution in [1.29, 1.82) is 0 Å².